The van der Waals surface area contributed by atoms with Gasteiger partial charge in [0.25, 0.3) is 0 Å². The molecule has 0 aliphatic carbocycles. The average Bonchev–Trinajstić information content (AvgIpc) is 1.99. The number of hydrogen-bond acceptors (Lipinski definition) is 5. The minimum absolute atomic E-state index is 0.0278. The lowest BCUT2D eigenvalue weighted by Crippen LogP contribution is -2.48. The van der Waals surface area contributed by atoms with Crippen molar-refractivity contribution in [1.29, 1.82) is 0 Å². The molecule has 1 heterocycles. The van der Waals surface area contributed by atoms with Crippen LogP contribution < -0.4 is 0 Å². The zero-order valence-electron chi connectivity index (χ0n) is 7.30. The Morgan fingerprint density at radius 3 is 2.08 bits per heavy atom. The monoisotopic (exact) mass is 174 g/mol. The molecular formula is C7H14N2O3-2. The highest BCUT2D eigenvalue weighted by molar-refractivity contribution is 4.87. The van der Waals surface area contributed by atoms with Crippen LogP contribution in [0.25, 0.3) is 0 Å². The fourth-order valence-electron chi connectivity index (χ4n) is 1.71. The first-order valence-electron chi connectivity index (χ1n) is 4.13. The van der Waals surface area contributed by atoms with E-state index in [4.69, 9.17) is 5.21 Å². The van der Waals surface area contributed by atoms with Gasteiger partial charge in [0.05, 0.1) is 0 Å². The average molecular weight is 174 g/mol. The highest BCUT2D eigenvalue weighted by Gasteiger charge is 2.25. The highest BCUT2D eigenvalue weighted by Crippen LogP contribution is 2.24. The van der Waals surface area contributed by atoms with Crippen molar-refractivity contribution in [3.63, 3.8) is 0 Å². The molecule has 0 bridgehead atoms. The molecule has 72 valence electrons. The molecule has 2 atom stereocenters. The van der Waals surface area contributed by atoms with Gasteiger partial charge in [-0.05, 0) is 24.9 Å². The van der Waals surface area contributed by atoms with Gasteiger partial charge in [0, 0.05) is 6.04 Å². The van der Waals surface area contributed by atoms with E-state index in [0.29, 0.717) is 12.8 Å². The van der Waals surface area contributed by atoms with Gasteiger partial charge < -0.3 is 20.7 Å². The molecule has 0 amide bonds. The lowest BCUT2D eigenvalue weighted by Gasteiger charge is -2.49. The zero-order chi connectivity index (χ0) is 9.30. The Labute approximate surface area is 71.7 Å². The van der Waals surface area contributed by atoms with Gasteiger partial charge in [0.1, 0.15) is 0 Å². The van der Waals surface area contributed by atoms with E-state index in [0.717, 1.165) is 5.06 Å². The van der Waals surface area contributed by atoms with Crippen molar-refractivity contribution in [1.82, 2.24) is 10.3 Å². The maximum absolute atomic E-state index is 11.2. The van der Waals surface area contributed by atoms with Crippen LogP contribution in [0, 0.1) is 10.4 Å². The van der Waals surface area contributed by atoms with Crippen molar-refractivity contribution in [3.8, 4) is 0 Å². The second-order valence-electron chi connectivity index (χ2n) is 3.49. The molecule has 1 rings (SSSR count). The molecule has 0 aromatic carbocycles. The first-order chi connectivity index (χ1) is 5.52. The van der Waals surface area contributed by atoms with Crippen molar-refractivity contribution >= 4 is 0 Å². The Morgan fingerprint density at radius 2 is 1.75 bits per heavy atom. The third-order valence-electron chi connectivity index (χ3n) is 2.41. The van der Waals surface area contributed by atoms with Crippen molar-refractivity contribution in [2.24, 2.45) is 0 Å². The summed E-state index contributed by atoms with van der Waals surface area (Å²) in [6.45, 7) is 3.53. The molecule has 1 N–H and O–H groups in total. The van der Waals surface area contributed by atoms with Gasteiger partial charge in [0.15, 0.2) is 0 Å². The lowest BCUT2D eigenvalue weighted by molar-refractivity contribution is -0.104. The first kappa shape index (κ1) is 9.88. The zero-order valence-corrected chi connectivity index (χ0v) is 7.30. The fraction of sp³-hybridized carbons (Fsp3) is 1.00. The summed E-state index contributed by atoms with van der Waals surface area (Å²) in [6.07, 6.45) is 0.877. The van der Waals surface area contributed by atoms with Crippen LogP contribution in [-0.4, -0.2) is 33.6 Å². The molecule has 12 heavy (non-hydrogen) atoms. The predicted molar refractivity (Wildman–Crippen MR) is 44.1 cm³/mol. The molecule has 1 aliphatic rings. The molecule has 0 spiro atoms. The summed E-state index contributed by atoms with van der Waals surface area (Å²) in [6, 6.07) is -0.773. The number of hydrogen-bond donors (Lipinski definition) is 1. The normalized spacial score (nSPS) is 39.0. The van der Waals surface area contributed by atoms with Crippen molar-refractivity contribution < 1.29 is 5.21 Å². The third-order valence-corrected chi connectivity index (χ3v) is 2.41. The van der Waals surface area contributed by atoms with Gasteiger partial charge in [-0.1, -0.05) is 13.8 Å². The van der Waals surface area contributed by atoms with Crippen LogP contribution >= 0.6 is 0 Å². The highest BCUT2D eigenvalue weighted by atomic mass is 16.8. The number of hydroxylamine groups is 4. The molecule has 2 unspecified atom stereocenters. The molecule has 5 heteroatoms. The Hall–Kier alpha value is -0.200. The van der Waals surface area contributed by atoms with E-state index in [9.17, 15) is 10.4 Å². The fourth-order valence-corrected chi connectivity index (χ4v) is 1.71. The van der Waals surface area contributed by atoms with E-state index in [1.165, 1.54) is 0 Å². The van der Waals surface area contributed by atoms with Gasteiger partial charge in [-0.15, -0.1) is 0 Å². The van der Waals surface area contributed by atoms with E-state index < -0.39 is 6.04 Å². The Bertz CT molecular complexity index is 142. The molecule has 1 fully saturated rings. The molecule has 0 saturated carbocycles. The molecule has 1 saturated heterocycles. The van der Waals surface area contributed by atoms with Crippen LogP contribution in [-0.2, 0) is 0 Å². The molecule has 0 radical (unpaired) electrons. The standard InChI is InChI=1S/C7H14N2O3/c1-5-3-7(9(11)12)4-6(2)8(5)10/h5-7,11H,3-4H2,1-2H3/q-2. The summed E-state index contributed by atoms with van der Waals surface area (Å²) < 4.78 is 0. The van der Waals surface area contributed by atoms with Crippen molar-refractivity contribution in [3.05, 3.63) is 10.4 Å². The predicted octanol–water partition coefficient (Wildman–Crippen LogP) is 0.915. The summed E-state index contributed by atoms with van der Waals surface area (Å²) in [4.78, 5) is 0. The summed E-state index contributed by atoms with van der Waals surface area (Å²) in [7, 11) is 0. The second-order valence-corrected chi connectivity index (χ2v) is 3.49. The second kappa shape index (κ2) is 3.68. The van der Waals surface area contributed by atoms with Crippen LogP contribution in [0.1, 0.15) is 26.7 Å². The SMILES string of the molecule is CC1CC(N([O-])O)CC(C)N1[O-]. The van der Waals surface area contributed by atoms with Crippen LogP contribution in [0.2, 0.25) is 0 Å². The number of rotatable bonds is 1. The van der Waals surface area contributed by atoms with E-state index in [1.54, 1.807) is 13.8 Å². The van der Waals surface area contributed by atoms with Gasteiger partial charge in [-0.25, -0.2) is 0 Å². The molecule has 0 aromatic heterocycles. The third kappa shape index (κ3) is 1.94. The molecule has 0 aromatic rings. The Balaban J connectivity index is 2.53. The smallest absolute Gasteiger partial charge is 0.0245 e. The van der Waals surface area contributed by atoms with Crippen molar-refractivity contribution in [2.45, 2.75) is 44.8 Å². The van der Waals surface area contributed by atoms with Crippen LogP contribution in [0.15, 0.2) is 0 Å². The Morgan fingerprint density at radius 1 is 1.33 bits per heavy atom. The van der Waals surface area contributed by atoms with Gasteiger partial charge >= 0.3 is 0 Å². The molecular weight excluding hydrogens is 160 g/mol. The lowest BCUT2D eigenvalue weighted by atomic mass is 9.95. The number of nitrogens with zero attached hydrogens (tertiary/aromatic N) is 2. The summed E-state index contributed by atoms with van der Waals surface area (Å²) in [5, 5.41) is 31.4. The van der Waals surface area contributed by atoms with Crippen LogP contribution in [0.5, 0.6) is 0 Å². The molecule has 1 aliphatic heterocycles. The quantitative estimate of drug-likeness (QED) is 0.598. The van der Waals surface area contributed by atoms with E-state index in [-0.39, 0.29) is 17.3 Å². The molecule has 5 nitrogen and oxygen atoms in total. The summed E-state index contributed by atoms with van der Waals surface area (Å²) in [5.74, 6) is 0. The van der Waals surface area contributed by atoms with E-state index in [2.05, 4.69) is 0 Å². The van der Waals surface area contributed by atoms with Gasteiger partial charge in [-0.3, -0.25) is 5.23 Å². The minimum Gasteiger partial charge on any atom is -0.785 e. The van der Waals surface area contributed by atoms with Gasteiger partial charge in [-0.2, -0.15) is 0 Å². The van der Waals surface area contributed by atoms with E-state index in [1.807, 2.05) is 0 Å². The van der Waals surface area contributed by atoms with E-state index >= 15 is 0 Å². The first-order valence-corrected chi connectivity index (χ1v) is 4.13. The maximum atomic E-state index is 11.2. The summed E-state index contributed by atoms with van der Waals surface area (Å²) in [5.41, 5.74) is 0. The topological polar surface area (TPSA) is 72.8 Å². The maximum Gasteiger partial charge on any atom is 0.0245 e. The van der Waals surface area contributed by atoms with Gasteiger partial charge in [0.2, 0.25) is 0 Å². The minimum atomic E-state index is -0.416. The number of piperidine rings is 1. The van der Waals surface area contributed by atoms with Crippen molar-refractivity contribution in [2.75, 3.05) is 0 Å². The van der Waals surface area contributed by atoms with Crippen LogP contribution in [0.4, 0.5) is 0 Å². The summed E-state index contributed by atoms with van der Waals surface area (Å²) >= 11 is 0. The largest absolute Gasteiger partial charge is 0.785 e. The Kier molecular flexibility index (Phi) is 3.03. The van der Waals surface area contributed by atoms with Crippen LogP contribution in [0.3, 0.4) is 0 Å².